The van der Waals surface area contributed by atoms with E-state index in [2.05, 4.69) is 15.0 Å². The Labute approximate surface area is 120 Å². The number of anilines is 1. The highest BCUT2D eigenvalue weighted by Gasteiger charge is 2.18. The lowest BCUT2D eigenvalue weighted by Gasteiger charge is -2.26. The summed E-state index contributed by atoms with van der Waals surface area (Å²) in [5.41, 5.74) is 7.23. The number of primary amides is 1. The zero-order chi connectivity index (χ0) is 14.8. The summed E-state index contributed by atoms with van der Waals surface area (Å²) in [5.74, 6) is 0.497. The van der Waals surface area contributed by atoms with Crippen LogP contribution < -0.4 is 15.4 Å². The first-order chi connectivity index (χ1) is 10.2. The van der Waals surface area contributed by atoms with E-state index < -0.39 is 6.09 Å². The van der Waals surface area contributed by atoms with Crippen LogP contribution in [0.2, 0.25) is 0 Å². The van der Waals surface area contributed by atoms with Crippen molar-refractivity contribution in [2.45, 2.75) is 0 Å². The second kappa shape index (κ2) is 5.23. The Morgan fingerprint density at radius 3 is 3.10 bits per heavy atom. The first-order valence-corrected chi connectivity index (χ1v) is 6.20. The zero-order valence-corrected chi connectivity index (χ0v) is 11.3. The van der Waals surface area contributed by atoms with E-state index in [9.17, 15) is 4.79 Å². The molecule has 0 spiro atoms. The number of aromatic nitrogens is 2. The summed E-state index contributed by atoms with van der Waals surface area (Å²) in [6.45, 7) is 0.396. The minimum absolute atomic E-state index is 0.0242. The highest BCUT2D eigenvalue weighted by molar-refractivity contribution is 6.03. The molecule has 8 heteroatoms. The minimum atomic E-state index is -0.828. The molecule has 2 aromatic heterocycles. The molecule has 8 nitrogen and oxygen atoms in total. The van der Waals surface area contributed by atoms with Gasteiger partial charge in [-0.25, -0.2) is 9.78 Å². The monoisotopic (exact) mass is 287 g/mol. The Balaban J connectivity index is 2.03. The first-order valence-electron chi connectivity index (χ1n) is 6.20. The summed E-state index contributed by atoms with van der Waals surface area (Å²) in [4.78, 5) is 25.3. The van der Waals surface area contributed by atoms with Crippen molar-refractivity contribution in [1.82, 2.24) is 9.97 Å². The van der Waals surface area contributed by atoms with Crippen LogP contribution in [-0.4, -0.2) is 42.8 Å². The topological polar surface area (TPSA) is 103 Å². The van der Waals surface area contributed by atoms with Crippen molar-refractivity contribution in [1.29, 1.82) is 0 Å². The van der Waals surface area contributed by atoms with Gasteiger partial charge < -0.3 is 20.1 Å². The van der Waals surface area contributed by atoms with Gasteiger partial charge in [0.15, 0.2) is 12.4 Å². The highest BCUT2D eigenvalue weighted by Crippen LogP contribution is 2.28. The van der Waals surface area contributed by atoms with E-state index in [1.807, 2.05) is 6.07 Å². The van der Waals surface area contributed by atoms with E-state index in [4.69, 9.17) is 15.2 Å². The fraction of sp³-hybridized carbons (Fsp3) is 0.231. The van der Waals surface area contributed by atoms with Gasteiger partial charge in [-0.1, -0.05) is 0 Å². The summed E-state index contributed by atoms with van der Waals surface area (Å²) >= 11 is 0. The van der Waals surface area contributed by atoms with Gasteiger partial charge in [0.2, 0.25) is 5.88 Å². The smallest absolute Gasteiger partial charge is 0.406 e. The number of ether oxygens (including phenoxy) is 2. The maximum absolute atomic E-state index is 10.7. The average molecular weight is 287 g/mol. The molecule has 0 fully saturated rings. The molecule has 0 saturated heterocycles. The molecule has 0 bridgehead atoms. The van der Waals surface area contributed by atoms with E-state index >= 15 is 0 Å². The summed E-state index contributed by atoms with van der Waals surface area (Å²) < 4.78 is 9.90. The van der Waals surface area contributed by atoms with Gasteiger partial charge in [0.05, 0.1) is 19.0 Å². The molecule has 0 aliphatic carbocycles. The predicted molar refractivity (Wildman–Crippen MR) is 76.6 cm³/mol. The standard InChI is InChI=1S/C13H13N5O3/c1-20-11-3-2-8-9-4-15-6-18(7-21-13(14)19)10(9)5-16-12(8)17-11/h2-5H,6-7H2,1H3,(H2,14,19). The van der Waals surface area contributed by atoms with Crippen molar-refractivity contribution in [2.24, 2.45) is 10.7 Å². The molecule has 2 N–H and O–H groups in total. The molecule has 0 atom stereocenters. The highest BCUT2D eigenvalue weighted by atomic mass is 16.6. The van der Waals surface area contributed by atoms with Crippen LogP contribution in [0.25, 0.3) is 11.0 Å². The molecule has 0 saturated carbocycles. The third-order valence-corrected chi connectivity index (χ3v) is 3.11. The van der Waals surface area contributed by atoms with Crippen molar-refractivity contribution in [3.8, 4) is 5.88 Å². The van der Waals surface area contributed by atoms with Crippen molar-refractivity contribution in [3.05, 3.63) is 23.9 Å². The van der Waals surface area contributed by atoms with Gasteiger partial charge in [0.1, 0.15) is 6.67 Å². The fourth-order valence-corrected chi connectivity index (χ4v) is 2.13. The molecule has 1 aliphatic heterocycles. The molecule has 0 unspecified atom stereocenters. The van der Waals surface area contributed by atoms with E-state index in [1.54, 1.807) is 30.5 Å². The number of hydrogen-bond donors (Lipinski definition) is 1. The number of nitrogens with two attached hydrogens (primary N) is 1. The van der Waals surface area contributed by atoms with Crippen molar-refractivity contribution in [3.63, 3.8) is 0 Å². The number of amides is 1. The number of rotatable bonds is 3. The predicted octanol–water partition coefficient (Wildman–Crippen LogP) is 0.888. The molecule has 21 heavy (non-hydrogen) atoms. The number of nitrogens with zero attached hydrogens (tertiary/aromatic N) is 4. The Bertz CT molecular complexity index is 731. The van der Waals surface area contributed by atoms with Crippen molar-refractivity contribution >= 4 is 29.0 Å². The number of hydrogen-bond acceptors (Lipinski definition) is 7. The van der Waals surface area contributed by atoms with Crippen molar-refractivity contribution < 1.29 is 14.3 Å². The van der Waals surface area contributed by atoms with Crippen LogP contribution in [0, 0.1) is 0 Å². The lowest BCUT2D eigenvalue weighted by atomic mass is 10.1. The maximum Gasteiger partial charge on any atom is 0.406 e. The van der Waals surface area contributed by atoms with Gasteiger partial charge in [0.25, 0.3) is 0 Å². The van der Waals surface area contributed by atoms with Crippen LogP contribution >= 0.6 is 0 Å². The van der Waals surface area contributed by atoms with Gasteiger partial charge in [-0.3, -0.25) is 4.99 Å². The van der Waals surface area contributed by atoms with Crippen LogP contribution in [0.1, 0.15) is 5.56 Å². The van der Waals surface area contributed by atoms with Gasteiger partial charge in [0, 0.05) is 23.2 Å². The lowest BCUT2D eigenvalue weighted by molar-refractivity contribution is 0.156. The van der Waals surface area contributed by atoms with Gasteiger partial charge >= 0.3 is 6.09 Å². The summed E-state index contributed by atoms with van der Waals surface area (Å²) in [6, 6.07) is 3.63. The summed E-state index contributed by atoms with van der Waals surface area (Å²) in [5, 5.41) is 0.848. The molecular weight excluding hydrogens is 274 g/mol. The maximum atomic E-state index is 10.7. The summed E-state index contributed by atoms with van der Waals surface area (Å²) in [7, 11) is 1.55. The molecule has 1 aliphatic rings. The quantitative estimate of drug-likeness (QED) is 0.899. The SMILES string of the molecule is COc1ccc2c3c(cnc2n1)N(COC(N)=O)CN=C3. The molecule has 3 heterocycles. The van der Waals surface area contributed by atoms with E-state index in [0.29, 0.717) is 18.2 Å². The minimum Gasteiger partial charge on any atom is -0.481 e. The van der Waals surface area contributed by atoms with Gasteiger partial charge in [-0.15, -0.1) is 0 Å². The molecule has 0 radical (unpaired) electrons. The Kier molecular flexibility index (Phi) is 3.27. The number of carbonyl (C=O) groups is 1. The molecular formula is C13H13N5O3. The second-order valence-electron chi connectivity index (χ2n) is 4.37. The van der Waals surface area contributed by atoms with Crippen molar-refractivity contribution in [2.75, 3.05) is 25.4 Å². The van der Waals surface area contributed by atoms with Crippen LogP contribution in [0.3, 0.4) is 0 Å². The zero-order valence-electron chi connectivity index (χ0n) is 11.3. The summed E-state index contributed by atoms with van der Waals surface area (Å²) in [6.07, 6.45) is 2.60. The first kappa shape index (κ1) is 13.1. The number of pyridine rings is 2. The molecule has 0 aromatic carbocycles. The number of aliphatic imine (C=N–C) groups is 1. The molecule has 1 amide bonds. The Morgan fingerprint density at radius 1 is 1.48 bits per heavy atom. The fourth-order valence-electron chi connectivity index (χ4n) is 2.13. The van der Waals surface area contributed by atoms with E-state index in [0.717, 1.165) is 16.6 Å². The largest absolute Gasteiger partial charge is 0.481 e. The van der Waals surface area contributed by atoms with Crippen LogP contribution in [0.4, 0.5) is 10.5 Å². The van der Waals surface area contributed by atoms with Crippen LogP contribution in [-0.2, 0) is 4.74 Å². The Morgan fingerprint density at radius 2 is 2.33 bits per heavy atom. The third-order valence-electron chi connectivity index (χ3n) is 3.11. The normalized spacial score (nSPS) is 13.1. The Hall–Kier alpha value is -2.90. The van der Waals surface area contributed by atoms with Crippen LogP contribution in [0.5, 0.6) is 5.88 Å². The molecule has 3 rings (SSSR count). The lowest BCUT2D eigenvalue weighted by Crippen LogP contribution is -2.32. The van der Waals surface area contributed by atoms with Crippen LogP contribution in [0.15, 0.2) is 23.3 Å². The number of fused-ring (bicyclic) bond motifs is 3. The molecule has 2 aromatic rings. The van der Waals surface area contributed by atoms with Gasteiger partial charge in [-0.2, -0.15) is 4.98 Å². The number of methoxy groups -OCH3 is 1. The third kappa shape index (κ3) is 2.42. The second-order valence-corrected chi connectivity index (χ2v) is 4.37. The van der Waals surface area contributed by atoms with Gasteiger partial charge in [-0.05, 0) is 6.07 Å². The average Bonchev–Trinajstić information content (AvgIpc) is 2.51. The van der Waals surface area contributed by atoms with E-state index in [1.165, 1.54) is 0 Å². The number of carbonyl (C=O) groups excluding carboxylic acids is 1. The van der Waals surface area contributed by atoms with E-state index in [-0.39, 0.29) is 6.73 Å². The molecule has 108 valence electrons.